The molecular weight excluding hydrogens is 386 g/mol. The van der Waals surface area contributed by atoms with Gasteiger partial charge in [0.05, 0.1) is 5.75 Å². The number of hydrogen-bond acceptors (Lipinski definition) is 4. The second-order valence-corrected chi connectivity index (χ2v) is 10.8. The number of nitrogens with zero attached hydrogens (tertiary/aromatic N) is 2. The van der Waals surface area contributed by atoms with Gasteiger partial charge in [-0.1, -0.05) is 43.5 Å². The van der Waals surface area contributed by atoms with Crippen LogP contribution in [-0.4, -0.2) is 48.8 Å². The average Bonchev–Trinajstić information content (AvgIpc) is 3.04. The monoisotopic (exact) mass is 417 g/mol. The SMILES string of the molecule is Cc1ccccc1CCS(=O)(=O)N1CCC2(CC1)N=C(C1CCCCC1)NC2=O. The molecule has 3 aliphatic rings. The van der Waals surface area contributed by atoms with Crippen LogP contribution in [-0.2, 0) is 21.2 Å². The summed E-state index contributed by atoms with van der Waals surface area (Å²) in [6, 6.07) is 7.90. The van der Waals surface area contributed by atoms with Crippen LogP contribution in [0.15, 0.2) is 29.3 Å². The van der Waals surface area contributed by atoms with E-state index in [1.165, 1.54) is 19.3 Å². The number of benzene rings is 1. The number of aliphatic imine (C=N–C) groups is 1. The lowest BCUT2D eigenvalue weighted by Crippen LogP contribution is -2.51. The Morgan fingerprint density at radius 2 is 1.83 bits per heavy atom. The van der Waals surface area contributed by atoms with Gasteiger partial charge in [0.25, 0.3) is 5.91 Å². The Labute approximate surface area is 173 Å². The molecule has 1 spiro atoms. The first-order chi connectivity index (χ1) is 13.9. The fourth-order valence-electron chi connectivity index (χ4n) is 4.84. The van der Waals surface area contributed by atoms with Gasteiger partial charge in [-0.3, -0.25) is 9.79 Å². The van der Waals surface area contributed by atoms with Gasteiger partial charge in [-0.25, -0.2) is 12.7 Å². The third-order valence-corrected chi connectivity index (χ3v) is 8.70. The zero-order valence-electron chi connectivity index (χ0n) is 17.2. The Bertz CT molecular complexity index is 896. The molecule has 0 aromatic heterocycles. The van der Waals surface area contributed by atoms with Crippen LogP contribution in [0.3, 0.4) is 0 Å². The maximum atomic E-state index is 12.9. The van der Waals surface area contributed by atoms with Crippen molar-refractivity contribution < 1.29 is 13.2 Å². The quantitative estimate of drug-likeness (QED) is 0.800. The summed E-state index contributed by atoms with van der Waals surface area (Å²) >= 11 is 0. The van der Waals surface area contributed by atoms with E-state index in [0.717, 1.165) is 29.8 Å². The van der Waals surface area contributed by atoms with Crippen LogP contribution in [0.4, 0.5) is 0 Å². The third kappa shape index (κ3) is 4.26. The topological polar surface area (TPSA) is 78.8 Å². The highest BCUT2D eigenvalue weighted by atomic mass is 32.2. The van der Waals surface area contributed by atoms with Crippen molar-refractivity contribution in [2.45, 2.75) is 63.8 Å². The summed E-state index contributed by atoms with van der Waals surface area (Å²) in [6.07, 6.45) is 7.29. The van der Waals surface area contributed by atoms with E-state index in [1.807, 2.05) is 31.2 Å². The Morgan fingerprint density at radius 1 is 1.14 bits per heavy atom. The van der Waals surface area contributed by atoms with E-state index in [1.54, 1.807) is 4.31 Å². The molecule has 1 saturated carbocycles. The zero-order chi connectivity index (χ0) is 20.5. The van der Waals surface area contributed by atoms with Crippen molar-refractivity contribution in [3.63, 3.8) is 0 Å². The number of carbonyl (C=O) groups is 1. The summed E-state index contributed by atoms with van der Waals surface area (Å²) in [7, 11) is -3.34. The van der Waals surface area contributed by atoms with Crippen LogP contribution in [0.25, 0.3) is 0 Å². The van der Waals surface area contributed by atoms with E-state index in [2.05, 4.69) is 5.32 Å². The molecule has 7 heteroatoms. The zero-order valence-corrected chi connectivity index (χ0v) is 18.0. The highest BCUT2D eigenvalue weighted by Crippen LogP contribution is 2.34. The molecule has 2 aliphatic heterocycles. The number of amidine groups is 1. The normalized spacial score (nSPS) is 23.2. The van der Waals surface area contributed by atoms with Gasteiger partial charge in [0.15, 0.2) is 0 Å². The van der Waals surface area contributed by atoms with Gasteiger partial charge >= 0.3 is 0 Å². The number of aryl methyl sites for hydroxylation is 2. The second kappa shape index (κ2) is 8.19. The molecule has 1 N–H and O–H groups in total. The summed E-state index contributed by atoms with van der Waals surface area (Å²) in [5, 5.41) is 3.03. The Morgan fingerprint density at radius 3 is 2.52 bits per heavy atom. The largest absolute Gasteiger partial charge is 0.312 e. The molecule has 4 rings (SSSR count). The van der Waals surface area contributed by atoms with E-state index in [9.17, 15) is 13.2 Å². The first kappa shape index (κ1) is 20.5. The number of sulfonamides is 1. The predicted molar refractivity (Wildman–Crippen MR) is 114 cm³/mol. The fraction of sp³-hybridized carbons (Fsp3) is 0.636. The fourth-order valence-corrected chi connectivity index (χ4v) is 6.32. The molecule has 1 aromatic carbocycles. The molecule has 0 radical (unpaired) electrons. The van der Waals surface area contributed by atoms with Crippen LogP contribution >= 0.6 is 0 Å². The van der Waals surface area contributed by atoms with Crippen molar-refractivity contribution in [2.75, 3.05) is 18.8 Å². The van der Waals surface area contributed by atoms with Crippen molar-refractivity contribution in [3.8, 4) is 0 Å². The molecule has 0 unspecified atom stereocenters. The number of hydrogen-bond donors (Lipinski definition) is 1. The molecule has 29 heavy (non-hydrogen) atoms. The average molecular weight is 418 g/mol. The molecule has 1 saturated heterocycles. The van der Waals surface area contributed by atoms with Crippen molar-refractivity contribution >= 4 is 21.8 Å². The van der Waals surface area contributed by atoms with Crippen molar-refractivity contribution in [2.24, 2.45) is 10.9 Å². The number of rotatable bonds is 5. The lowest BCUT2D eigenvalue weighted by molar-refractivity contribution is -0.125. The summed E-state index contributed by atoms with van der Waals surface area (Å²) in [6.45, 7) is 2.74. The van der Waals surface area contributed by atoms with Gasteiger partial charge in [-0.2, -0.15) is 0 Å². The summed E-state index contributed by atoms with van der Waals surface area (Å²) in [5.41, 5.74) is 1.43. The molecule has 6 nitrogen and oxygen atoms in total. The predicted octanol–water partition coefficient (Wildman–Crippen LogP) is 2.81. The molecule has 1 aliphatic carbocycles. The highest BCUT2D eigenvalue weighted by molar-refractivity contribution is 7.89. The summed E-state index contributed by atoms with van der Waals surface area (Å²) < 4.78 is 27.3. The van der Waals surface area contributed by atoms with Gasteiger partial charge in [0.2, 0.25) is 10.0 Å². The Hall–Kier alpha value is -1.73. The van der Waals surface area contributed by atoms with E-state index < -0.39 is 15.6 Å². The van der Waals surface area contributed by atoms with Crippen LogP contribution in [0.1, 0.15) is 56.1 Å². The van der Waals surface area contributed by atoms with Gasteiger partial charge in [-0.05, 0) is 50.2 Å². The summed E-state index contributed by atoms with van der Waals surface area (Å²) in [4.78, 5) is 17.6. The molecule has 0 bridgehead atoms. The lowest BCUT2D eigenvalue weighted by Gasteiger charge is -2.34. The van der Waals surface area contributed by atoms with E-state index >= 15 is 0 Å². The molecule has 1 amide bonds. The van der Waals surface area contributed by atoms with Crippen LogP contribution < -0.4 is 5.32 Å². The van der Waals surface area contributed by atoms with Gasteiger partial charge in [-0.15, -0.1) is 0 Å². The minimum Gasteiger partial charge on any atom is -0.312 e. The Kier molecular flexibility index (Phi) is 5.80. The molecule has 2 fully saturated rings. The summed E-state index contributed by atoms with van der Waals surface area (Å²) in [5.74, 6) is 1.29. The molecule has 0 atom stereocenters. The smallest absolute Gasteiger partial charge is 0.253 e. The second-order valence-electron chi connectivity index (χ2n) is 8.71. The standard InChI is InChI=1S/C22H31N3O3S/c1-17-7-5-6-8-18(17)11-16-29(27,28)25-14-12-22(13-15-25)21(26)23-20(24-22)19-9-3-2-4-10-19/h5-8,19H,2-4,9-16H2,1H3,(H,23,24,26). The van der Waals surface area contributed by atoms with Crippen LogP contribution in [0.5, 0.6) is 0 Å². The van der Waals surface area contributed by atoms with E-state index in [0.29, 0.717) is 38.3 Å². The highest BCUT2D eigenvalue weighted by Gasteiger charge is 2.48. The number of amides is 1. The molecule has 2 heterocycles. The molecular formula is C22H31N3O3S. The van der Waals surface area contributed by atoms with Crippen LogP contribution in [0, 0.1) is 12.8 Å². The molecule has 158 valence electrons. The number of piperidine rings is 1. The van der Waals surface area contributed by atoms with E-state index in [4.69, 9.17) is 4.99 Å². The van der Waals surface area contributed by atoms with Crippen molar-refractivity contribution in [1.82, 2.24) is 9.62 Å². The van der Waals surface area contributed by atoms with Crippen molar-refractivity contribution in [3.05, 3.63) is 35.4 Å². The number of nitrogens with one attached hydrogen (secondary N) is 1. The lowest BCUT2D eigenvalue weighted by atomic mass is 9.88. The maximum absolute atomic E-state index is 12.9. The third-order valence-electron chi connectivity index (χ3n) is 6.82. The van der Waals surface area contributed by atoms with Crippen molar-refractivity contribution in [1.29, 1.82) is 0 Å². The number of carbonyl (C=O) groups excluding carboxylic acids is 1. The first-order valence-electron chi connectivity index (χ1n) is 10.8. The first-order valence-corrected chi connectivity index (χ1v) is 12.4. The van der Waals surface area contributed by atoms with E-state index in [-0.39, 0.29) is 11.7 Å². The Balaban J connectivity index is 1.38. The van der Waals surface area contributed by atoms with Gasteiger partial charge in [0, 0.05) is 19.0 Å². The van der Waals surface area contributed by atoms with Gasteiger partial charge in [0.1, 0.15) is 11.4 Å². The minimum absolute atomic E-state index is 0.0324. The minimum atomic E-state index is -3.34. The molecule has 1 aromatic rings. The maximum Gasteiger partial charge on any atom is 0.253 e. The van der Waals surface area contributed by atoms with Gasteiger partial charge < -0.3 is 5.32 Å². The van der Waals surface area contributed by atoms with Crippen LogP contribution in [0.2, 0.25) is 0 Å².